The Labute approximate surface area is 619 Å². The van der Waals surface area contributed by atoms with E-state index in [0.29, 0.717) is 50.5 Å². The van der Waals surface area contributed by atoms with Crippen molar-refractivity contribution >= 4 is 126 Å². The van der Waals surface area contributed by atoms with E-state index in [4.69, 9.17) is 22.4 Å². The van der Waals surface area contributed by atoms with Crippen LogP contribution in [0, 0.1) is 0 Å². The topological polar surface area (TPSA) is 484 Å². The molecule has 0 saturated carbocycles. The molecule has 3 aliphatic rings. The molecule has 0 spiro atoms. The molecule has 0 radical (unpaired) electrons. The van der Waals surface area contributed by atoms with Crippen molar-refractivity contribution in [3.8, 4) is 33.9 Å². The van der Waals surface area contributed by atoms with Gasteiger partial charge in [0, 0.05) is 95.2 Å². The van der Waals surface area contributed by atoms with Crippen molar-refractivity contribution in [2.45, 2.75) is 119 Å². The number of aliphatic hydroxyl groups excluding tert-OH is 2. The summed E-state index contributed by atoms with van der Waals surface area (Å²) in [4.78, 5) is 158. The fourth-order valence-electron chi connectivity index (χ4n) is 11.8. The summed E-state index contributed by atoms with van der Waals surface area (Å²) >= 11 is 5.58. The molecule has 33 heteroatoms. The van der Waals surface area contributed by atoms with Gasteiger partial charge in [0.25, 0.3) is 0 Å². The maximum atomic E-state index is 15.2. The lowest BCUT2D eigenvalue weighted by Gasteiger charge is -2.29. The standard InChI is InChI=1S/C73H80N12O18S3/c1-37(86)62-70(98)83-57(69(97)85-63(38(2)87)72(101)102)36-106-105-35-56(68(96)80-54(29-40-15-18-43(88)19-16-40)66(94)81-55(30-41-34-76-51-13-7-6-12-46(41)51)67(95)79-52(64(92)84-62)14-8-9-26-74)82-65(93)53(28-39-10-4-3-5-11-39)78-60(91)25-27-75-73(104)77-42-17-22-47(50(31-42)71(99)100)61-48-23-20-44(89)32-58(48)103-59-33-45(90)21-24-49(59)61/h3-7,10-13,15-24,31-34,37-38,52-57,62-63,76,86-89H,8-9,14,25-30,35-36,74H2,1-2H3,(H,78,91)(H,79,95)(H,80,96)(H,81,94)(H,82,93)(H,83,98)(H,84,92)(H,85,97)(H,99,100)(H,101,102)(H2,75,77,104)/t37-,38-,52+,53-,54+,55-,56+,57+,62+,63+/m1/s1. The van der Waals surface area contributed by atoms with Crippen LogP contribution in [-0.4, -0.2) is 185 Å². The lowest BCUT2D eigenvalue weighted by atomic mass is 9.90. The first-order valence-electron chi connectivity index (χ1n) is 33.7. The molecule has 5 aromatic carbocycles. The van der Waals surface area contributed by atoms with E-state index in [0.717, 1.165) is 28.5 Å². The summed E-state index contributed by atoms with van der Waals surface area (Å²) in [7, 11) is 1.69. The smallest absolute Gasteiger partial charge is 0.336 e. The van der Waals surface area contributed by atoms with Gasteiger partial charge in [0.15, 0.2) is 16.6 Å². The van der Waals surface area contributed by atoms with E-state index in [1.165, 1.54) is 73.7 Å². The van der Waals surface area contributed by atoms with E-state index in [1.807, 2.05) is 0 Å². The lowest BCUT2D eigenvalue weighted by Crippen LogP contribution is -2.62. The SMILES string of the molecule is C[C@@H](O)[C@H](NC(=O)[C@@H]1CSSC[C@H](NC(=O)[C@@H](Cc2ccccc2)NC(=O)CCNC(=S)Nc2ccc(-c3c4ccc(=O)cc-4oc4cc(O)ccc34)c(C(=O)O)c2)C(=O)N[C@@H](Cc2ccc(O)cc2)C(=O)N[C@H](Cc2c[nH]c3ccccc23)C(=O)N[C@@H](CCCCN)C(=O)N[C@@H]([C@@H](C)O)C(=O)N1)C(=O)O. The molecule has 558 valence electrons. The number of carboxylic acid groups (broad SMARTS) is 2. The third kappa shape index (κ3) is 21.3. The van der Waals surface area contributed by atoms with E-state index in [9.17, 15) is 69.0 Å². The first kappa shape index (κ1) is 79.0. The van der Waals surface area contributed by atoms with Crippen LogP contribution in [0.1, 0.15) is 66.6 Å². The van der Waals surface area contributed by atoms with Gasteiger partial charge in [0.05, 0.1) is 17.8 Å². The molecule has 8 amide bonds. The molecule has 3 heterocycles. The number of phenolic OH excluding ortho intramolecular Hbond substituents is 2. The predicted molar refractivity (Wildman–Crippen MR) is 400 cm³/mol. The Morgan fingerprint density at radius 1 is 0.670 bits per heavy atom. The van der Waals surface area contributed by atoms with Gasteiger partial charge in [0.1, 0.15) is 65.1 Å². The summed E-state index contributed by atoms with van der Waals surface area (Å²) in [6.45, 7) is 2.31. The number of aliphatic hydroxyl groups is 2. The first-order chi connectivity index (χ1) is 50.7. The second-order valence-electron chi connectivity index (χ2n) is 25.2. The van der Waals surface area contributed by atoms with Gasteiger partial charge in [-0.15, -0.1) is 0 Å². The Balaban J connectivity index is 0.999. The van der Waals surface area contributed by atoms with Crippen molar-refractivity contribution in [3.63, 3.8) is 0 Å². The van der Waals surface area contributed by atoms with E-state index in [1.54, 1.807) is 72.9 Å². The number of nitrogens with two attached hydrogens (primary N) is 1. The minimum Gasteiger partial charge on any atom is -0.508 e. The molecule has 106 heavy (non-hydrogen) atoms. The molecular weight excluding hydrogens is 1430 g/mol. The van der Waals surface area contributed by atoms with Crippen molar-refractivity contribution in [2.24, 2.45) is 5.73 Å². The highest BCUT2D eigenvalue weighted by Crippen LogP contribution is 2.42. The predicted octanol–water partition coefficient (Wildman–Crippen LogP) is 2.81. The Morgan fingerprint density at radius 2 is 1.34 bits per heavy atom. The fourth-order valence-corrected chi connectivity index (χ4v) is 14.3. The third-order valence-electron chi connectivity index (χ3n) is 17.3. The molecule has 1 aromatic heterocycles. The van der Waals surface area contributed by atoms with Crippen molar-refractivity contribution < 1.29 is 83.0 Å². The van der Waals surface area contributed by atoms with Crippen molar-refractivity contribution in [3.05, 3.63) is 172 Å². The monoisotopic (exact) mass is 1510 g/mol. The number of anilines is 1. The number of fused-ring (bicyclic) bond motifs is 3. The average molecular weight is 1510 g/mol. The van der Waals surface area contributed by atoms with Crippen LogP contribution in [0.25, 0.3) is 44.3 Å². The van der Waals surface area contributed by atoms with Crippen LogP contribution in [0.3, 0.4) is 0 Å². The van der Waals surface area contributed by atoms with Crippen LogP contribution < -0.4 is 64.3 Å². The van der Waals surface area contributed by atoms with Gasteiger partial charge in [-0.1, -0.05) is 88.3 Å². The molecule has 1 aliphatic carbocycles. The molecular formula is C73H80N12O18S3. The number of benzene rings is 6. The second kappa shape index (κ2) is 37.0. The molecule has 9 rings (SSSR count). The zero-order valence-electron chi connectivity index (χ0n) is 57.2. The lowest BCUT2D eigenvalue weighted by molar-refractivity contribution is -0.145. The summed E-state index contributed by atoms with van der Waals surface area (Å²) in [5.74, 6) is -11.6. The number of aliphatic carboxylic acids is 1. The Hall–Kier alpha value is -11.1. The zero-order chi connectivity index (χ0) is 76.3. The number of para-hydroxylation sites is 1. The second-order valence-corrected chi connectivity index (χ2v) is 28.2. The van der Waals surface area contributed by atoms with Crippen molar-refractivity contribution in [1.82, 2.24) is 52.8 Å². The molecule has 19 N–H and O–H groups in total. The number of thiocarbonyl (C=S) groups is 1. The van der Waals surface area contributed by atoms with E-state index >= 15 is 14.4 Å². The van der Waals surface area contributed by atoms with E-state index < -0.39 is 131 Å². The number of phenols is 2. The number of hydrogen-bond donors (Lipinski definition) is 18. The van der Waals surface area contributed by atoms with Crippen LogP contribution in [0.2, 0.25) is 0 Å². The largest absolute Gasteiger partial charge is 0.508 e. The van der Waals surface area contributed by atoms with E-state index in [-0.39, 0.29) is 102 Å². The normalized spacial score (nSPS) is 19.0. The minimum atomic E-state index is -1.90. The first-order valence-corrected chi connectivity index (χ1v) is 36.6. The highest BCUT2D eigenvalue weighted by Gasteiger charge is 2.38. The molecule has 10 atom stereocenters. The molecule has 1 saturated heterocycles. The third-order valence-corrected chi connectivity index (χ3v) is 19.9. The highest BCUT2D eigenvalue weighted by atomic mass is 33.1. The summed E-state index contributed by atoms with van der Waals surface area (Å²) in [6, 6.07) is 21.1. The van der Waals surface area contributed by atoms with E-state index in [2.05, 4.69) is 58.2 Å². The van der Waals surface area contributed by atoms with Crippen LogP contribution in [0.15, 0.2) is 149 Å². The van der Waals surface area contributed by atoms with Gasteiger partial charge >= 0.3 is 11.9 Å². The average Bonchev–Trinajstić information content (AvgIpc) is 0.871. The number of carbonyl (C=O) groups is 10. The number of aromatic hydroxyl groups is 2. The van der Waals surface area contributed by atoms with Crippen LogP contribution in [0.4, 0.5) is 5.69 Å². The number of rotatable bonds is 24. The molecule has 6 aromatic rings. The quantitative estimate of drug-likeness (QED) is 0.0179. The summed E-state index contributed by atoms with van der Waals surface area (Å²) < 4.78 is 5.95. The zero-order valence-corrected chi connectivity index (χ0v) is 59.7. The van der Waals surface area contributed by atoms with Gasteiger partial charge in [0.2, 0.25) is 47.3 Å². The molecule has 0 unspecified atom stereocenters. The maximum absolute atomic E-state index is 15.2. The number of nitrogens with one attached hydrogen (secondary N) is 11. The summed E-state index contributed by atoms with van der Waals surface area (Å²) in [6.07, 6.45) is -2.14. The number of aromatic amines is 1. The number of carboxylic acids is 2. The van der Waals surface area contributed by atoms with Crippen molar-refractivity contribution in [1.29, 1.82) is 0 Å². The number of carbonyl (C=O) groups excluding carboxylic acids is 8. The number of amides is 8. The van der Waals surface area contributed by atoms with Gasteiger partial charge in [-0.2, -0.15) is 0 Å². The van der Waals surface area contributed by atoms with Gasteiger partial charge in [-0.05, 0) is 129 Å². The molecule has 0 bridgehead atoms. The maximum Gasteiger partial charge on any atom is 0.336 e. The number of hydrogen-bond acceptors (Lipinski definition) is 20. The van der Waals surface area contributed by atoms with Crippen molar-refractivity contribution in [2.75, 3.05) is 29.9 Å². The van der Waals surface area contributed by atoms with Crippen LogP contribution in [0.5, 0.6) is 11.5 Å². The summed E-state index contributed by atoms with van der Waals surface area (Å²) in [5.41, 5.74) is 8.99. The Bertz CT molecular complexity index is 4580. The fraction of sp³-hybridized carbons (Fsp3) is 0.315. The molecule has 2 aliphatic heterocycles. The number of aromatic carboxylic acids is 1. The van der Waals surface area contributed by atoms with Crippen LogP contribution in [-0.2, 0) is 62.4 Å². The minimum absolute atomic E-state index is 0.0362. The van der Waals surface area contributed by atoms with Gasteiger partial charge < -0.3 is 98.9 Å². The number of H-pyrrole nitrogens is 1. The molecule has 30 nitrogen and oxygen atoms in total. The van der Waals surface area contributed by atoms with Gasteiger partial charge in [-0.25, -0.2) is 9.59 Å². The molecule has 1 fully saturated rings. The Kier molecular flexibility index (Phi) is 27.6. The van der Waals surface area contributed by atoms with Gasteiger partial charge in [-0.3, -0.25) is 43.2 Å². The van der Waals surface area contributed by atoms with Crippen LogP contribution >= 0.6 is 33.8 Å². The Morgan fingerprint density at radius 3 is 2.05 bits per heavy atom. The summed E-state index contributed by atoms with van der Waals surface area (Å²) in [5, 5.41) is 90.3. The number of aromatic nitrogens is 1. The number of unbranched alkanes of at least 4 members (excludes halogenated alkanes) is 1. The highest BCUT2D eigenvalue weighted by molar-refractivity contribution is 8.76.